The highest BCUT2D eigenvalue weighted by Gasteiger charge is 2.34. The first-order valence-corrected chi connectivity index (χ1v) is 5.01. The molecule has 1 heterocycles. The maximum Gasteiger partial charge on any atom is 0.433 e. The van der Waals surface area contributed by atoms with Crippen LogP contribution in [0.1, 0.15) is 17.7 Å². The van der Waals surface area contributed by atoms with Crippen LogP contribution in [0.4, 0.5) is 13.2 Å². The van der Waals surface area contributed by atoms with E-state index in [0.29, 0.717) is 6.42 Å². The third-order valence-electron chi connectivity index (χ3n) is 1.53. The van der Waals surface area contributed by atoms with Gasteiger partial charge < -0.3 is 0 Å². The van der Waals surface area contributed by atoms with Crippen LogP contribution in [0, 0.1) is 0 Å². The number of H-pyrrole nitrogens is 1. The van der Waals surface area contributed by atoms with E-state index in [-0.39, 0.29) is 5.56 Å². The van der Waals surface area contributed by atoms with Crippen molar-refractivity contribution < 1.29 is 13.2 Å². The monoisotopic (exact) mass is 268 g/mol. The van der Waals surface area contributed by atoms with Crippen LogP contribution in [-0.4, -0.2) is 15.5 Å². The van der Waals surface area contributed by atoms with E-state index in [1.165, 1.54) is 6.08 Å². The highest BCUT2D eigenvalue weighted by atomic mass is 79.9. The predicted octanol–water partition coefficient (Wildman–Crippen LogP) is 3.23. The maximum absolute atomic E-state index is 12.3. The minimum Gasteiger partial charge on any atom is -0.273 e. The van der Waals surface area contributed by atoms with Crippen molar-refractivity contribution >= 4 is 22.0 Å². The summed E-state index contributed by atoms with van der Waals surface area (Å²) in [7, 11) is 0. The first kappa shape index (κ1) is 11.3. The van der Waals surface area contributed by atoms with Crippen LogP contribution >= 0.6 is 15.9 Å². The Bertz CT molecular complexity index is 317. The average Bonchev–Trinajstić information content (AvgIpc) is 2.52. The standard InChI is InChI=1S/C8H8BrF3N2/c9-4-2-1-3-6-5-13-14-7(6)8(10,11)12/h1,3,5H,2,4H2,(H,13,14). The lowest BCUT2D eigenvalue weighted by Crippen LogP contribution is -2.07. The number of aromatic amines is 1. The van der Waals surface area contributed by atoms with Gasteiger partial charge in [-0.3, -0.25) is 5.10 Å². The number of rotatable bonds is 3. The molecule has 1 rings (SSSR count). The first-order chi connectivity index (χ1) is 6.55. The second kappa shape index (κ2) is 4.63. The van der Waals surface area contributed by atoms with Crippen molar-refractivity contribution in [2.24, 2.45) is 0 Å². The molecule has 0 aromatic carbocycles. The Balaban J connectivity index is 2.83. The average molecular weight is 269 g/mol. The van der Waals surface area contributed by atoms with Crippen molar-refractivity contribution in [1.82, 2.24) is 10.2 Å². The van der Waals surface area contributed by atoms with Gasteiger partial charge in [-0.2, -0.15) is 18.3 Å². The molecule has 0 aliphatic carbocycles. The Morgan fingerprint density at radius 3 is 2.79 bits per heavy atom. The van der Waals surface area contributed by atoms with Crippen LogP contribution in [0.15, 0.2) is 12.3 Å². The van der Waals surface area contributed by atoms with E-state index in [1.807, 2.05) is 5.10 Å². The van der Waals surface area contributed by atoms with Gasteiger partial charge in [0.2, 0.25) is 0 Å². The van der Waals surface area contributed by atoms with Gasteiger partial charge in [0.25, 0.3) is 0 Å². The van der Waals surface area contributed by atoms with Crippen molar-refractivity contribution in [1.29, 1.82) is 0 Å². The van der Waals surface area contributed by atoms with Gasteiger partial charge in [0.05, 0.1) is 6.20 Å². The Morgan fingerprint density at radius 2 is 2.21 bits per heavy atom. The lowest BCUT2D eigenvalue weighted by atomic mass is 10.2. The van der Waals surface area contributed by atoms with Crippen LogP contribution in [0.5, 0.6) is 0 Å². The summed E-state index contributed by atoms with van der Waals surface area (Å²) in [5.74, 6) is 0. The zero-order valence-corrected chi connectivity index (χ0v) is 8.69. The summed E-state index contributed by atoms with van der Waals surface area (Å²) in [6, 6.07) is 0. The van der Waals surface area contributed by atoms with Gasteiger partial charge in [-0.1, -0.05) is 28.1 Å². The zero-order chi connectivity index (χ0) is 10.6. The fourth-order valence-corrected chi connectivity index (χ4v) is 1.19. The molecule has 2 nitrogen and oxygen atoms in total. The molecule has 0 aliphatic heterocycles. The molecular weight excluding hydrogens is 261 g/mol. The smallest absolute Gasteiger partial charge is 0.273 e. The van der Waals surface area contributed by atoms with Gasteiger partial charge >= 0.3 is 6.18 Å². The van der Waals surface area contributed by atoms with Gasteiger partial charge in [-0.05, 0) is 6.42 Å². The Labute approximate surface area is 87.3 Å². The zero-order valence-electron chi connectivity index (χ0n) is 7.11. The number of aromatic nitrogens is 2. The number of nitrogens with one attached hydrogen (secondary N) is 1. The van der Waals surface area contributed by atoms with Crippen molar-refractivity contribution in [2.45, 2.75) is 12.6 Å². The van der Waals surface area contributed by atoms with E-state index in [9.17, 15) is 13.2 Å². The van der Waals surface area contributed by atoms with Crippen molar-refractivity contribution in [3.05, 3.63) is 23.5 Å². The lowest BCUT2D eigenvalue weighted by Gasteiger charge is -2.03. The molecule has 0 saturated heterocycles. The van der Waals surface area contributed by atoms with Gasteiger partial charge in [-0.25, -0.2) is 0 Å². The van der Waals surface area contributed by atoms with Crippen molar-refractivity contribution in [3.8, 4) is 0 Å². The summed E-state index contributed by atoms with van der Waals surface area (Å²) in [5, 5.41) is 6.02. The Morgan fingerprint density at radius 1 is 1.50 bits per heavy atom. The second-order valence-electron chi connectivity index (χ2n) is 2.58. The topological polar surface area (TPSA) is 28.7 Å². The number of alkyl halides is 4. The summed E-state index contributed by atoms with van der Waals surface area (Å²) < 4.78 is 36.8. The van der Waals surface area contributed by atoms with Crippen LogP contribution in [0.2, 0.25) is 0 Å². The molecule has 0 atom stereocenters. The Hall–Kier alpha value is -0.780. The molecule has 0 fully saturated rings. The van der Waals surface area contributed by atoms with Gasteiger partial charge in [-0.15, -0.1) is 0 Å². The summed E-state index contributed by atoms with van der Waals surface area (Å²) >= 11 is 3.17. The van der Waals surface area contributed by atoms with Crippen LogP contribution in [-0.2, 0) is 6.18 Å². The molecule has 0 spiro atoms. The third-order valence-corrected chi connectivity index (χ3v) is 1.98. The molecule has 0 amide bonds. The van der Waals surface area contributed by atoms with Crippen LogP contribution < -0.4 is 0 Å². The lowest BCUT2D eigenvalue weighted by molar-refractivity contribution is -0.141. The molecule has 78 valence electrons. The molecule has 0 aliphatic rings. The maximum atomic E-state index is 12.3. The molecule has 0 bridgehead atoms. The van der Waals surface area contributed by atoms with Gasteiger partial charge in [0.1, 0.15) is 5.69 Å². The van der Waals surface area contributed by atoms with Crippen molar-refractivity contribution in [2.75, 3.05) is 5.33 Å². The van der Waals surface area contributed by atoms with Crippen molar-refractivity contribution in [3.63, 3.8) is 0 Å². The second-order valence-corrected chi connectivity index (χ2v) is 3.37. The van der Waals surface area contributed by atoms with Gasteiger partial charge in [0, 0.05) is 10.9 Å². The summed E-state index contributed by atoms with van der Waals surface area (Å²) in [6.07, 6.45) is 0.545. The van der Waals surface area contributed by atoms with Crippen LogP contribution in [0.3, 0.4) is 0 Å². The third kappa shape index (κ3) is 2.87. The normalized spacial score (nSPS) is 12.6. The number of hydrogen-bond donors (Lipinski definition) is 1. The molecule has 14 heavy (non-hydrogen) atoms. The number of nitrogens with zero attached hydrogens (tertiary/aromatic N) is 1. The minimum atomic E-state index is -4.37. The largest absolute Gasteiger partial charge is 0.433 e. The molecule has 1 aromatic heterocycles. The Kier molecular flexibility index (Phi) is 3.74. The quantitative estimate of drug-likeness (QED) is 0.838. The van der Waals surface area contributed by atoms with Gasteiger partial charge in [0.15, 0.2) is 0 Å². The summed E-state index contributed by atoms with van der Waals surface area (Å²) in [5.41, 5.74) is -0.734. The molecule has 1 aromatic rings. The summed E-state index contributed by atoms with van der Waals surface area (Å²) in [4.78, 5) is 0. The molecule has 0 unspecified atom stereocenters. The highest BCUT2D eigenvalue weighted by molar-refractivity contribution is 9.09. The molecule has 0 radical (unpaired) electrons. The molecule has 6 heteroatoms. The minimum absolute atomic E-state index is 0.0680. The fraction of sp³-hybridized carbons (Fsp3) is 0.375. The number of allylic oxidation sites excluding steroid dienone is 1. The van der Waals surface area contributed by atoms with E-state index in [4.69, 9.17) is 0 Å². The van der Waals surface area contributed by atoms with E-state index in [1.54, 1.807) is 6.08 Å². The molecular formula is C8H8BrF3N2. The first-order valence-electron chi connectivity index (χ1n) is 3.88. The summed E-state index contributed by atoms with van der Waals surface area (Å²) in [6.45, 7) is 0. The highest BCUT2D eigenvalue weighted by Crippen LogP contribution is 2.30. The number of hydrogen-bond acceptors (Lipinski definition) is 1. The SMILES string of the molecule is FC(F)(F)c1[nH]ncc1C=CCCBr. The van der Waals surface area contributed by atoms with E-state index < -0.39 is 11.9 Å². The number of halogens is 4. The van der Waals surface area contributed by atoms with E-state index >= 15 is 0 Å². The molecule has 0 saturated carbocycles. The molecule has 1 N–H and O–H groups in total. The predicted molar refractivity (Wildman–Crippen MR) is 51.0 cm³/mol. The fourth-order valence-electron chi connectivity index (χ4n) is 0.922. The van der Waals surface area contributed by atoms with Crippen LogP contribution in [0.25, 0.3) is 6.08 Å². The van der Waals surface area contributed by atoms with E-state index in [0.717, 1.165) is 11.5 Å². The van der Waals surface area contributed by atoms with E-state index in [2.05, 4.69) is 21.0 Å².